The number of ether oxygens (including phenoxy) is 1. The first kappa shape index (κ1) is 8.30. The molecule has 1 aliphatic heterocycles. The van der Waals surface area contributed by atoms with Crippen LogP contribution in [-0.4, -0.2) is 5.97 Å². The van der Waals surface area contributed by atoms with Gasteiger partial charge in [0.1, 0.15) is 5.75 Å². The molecular weight excluding hydrogens is 164 g/mol. The largest absolute Gasteiger partial charge is 0.426 e. The van der Waals surface area contributed by atoms with E-state index in [2.05, 4.69) is 6.92 Å². The summed E-state index contributed by atoms with van der Waals surface area (Å²) < 4.78 is 5.19. The molecule has 1 unspecified atom stereocenters. The lowest BCUT2D eigenvalue weighted by atomic mass is 9.93. The molecule has 1 aromatic carbocycles. The van der Waals surface area contributed by atoms with Crippen molar-refractivity contribution in [2.24, 2.45) is 0 Å². The van der Waals surface area contributed by atoms with E-state index in [4.69, 9.17) is 4.74 Å². The normalized spacial score (nSPS) is 20.8. The van der Waals surface area contributed by atoms with Crippen LogP contribution in [0.5, 0.6) is 5.75 Å². The van der Waals surface area contributed by atoms with E-state index in [9.17, 15) is 4.79 Å². The molecule has 0 fully saturated rings. The minimum Gasteiger partial charge on any atom is -0.426 e. The highest BCUT2D eigenvalue weighted by Crippen LogP contribution is 2.35. The number of rotatable bonds is 0. The number of carbonyl (C=O) groups is 1. The summed E-state index contributed by atoms with van der Waals surface area (Å²) in [5.74, 6) is 0.941. The number of fused-ring (bicyclic) bond motifs is 1. The number of aryl methyl sites for hydroxylation is 1. The van der Waals surface area contributed by atoms with Crippen molar-refractivity contribution in [2.75, 3.05) is 0 Å². The average Bonchev–Trinajstić information content (AvgIpc) is 2.07. The monoisotopic (exact) mass is 176 g/mol. The van der Waals surface area contributed by atoms with Gasteiger partial charge in [-0.1, -0.05) is 25.1 Å². The summed E-state index contributed by atoms with van der Waals surface area (Å²) in [5, 5.41) is 0. The van der Waals surface area contributed by atoms with Crippen molar-refractivity contribution >= 4 is 5.97 Å². The second-order valence-electron chi connectivity index (χ2n) is 3.57. The molecule has 1 aromatic rings. The van der Waals surface area contributed by atoms with Crippen molar-refractivity contribution in [3.63, 3.8) is 0 Å². The van der Waals surface area contributed by atoms with Gasteiger partial charge in [0, 0.05) is 0 Å². The van der Waals surface area contributed by atoms with Gasteiger partial charge < -0.3 is 4.74 Å². The molecule has 0 saturated carbocycles. The molecular formula is C11H12O2. The van der Waals surface area contributed by atoms with Crippen LogP contribution in [0.25, 0.3) is 0 Å². The number of carbonyl (C=O) groups excluding carboxylic acids is 1. The first-order valence-corrected chi connectivity index (χ1v) is 4.48. The summed E-state index contributed by atoms with van der Waals surface area (Å²) >= 11 is 0. The van der Waals surface area contributed by atoms with Gasteiger partial charge in [-0.25, -0.2) is 0 Å². The maximum absolute atomic E-state index is 11.2. The lowest BCUT2D eigenvalue weighted by Crippen LogP contribution is -2.19. The zero-order valence-electron chi connectivity index (χ0n) is 7.83. The first-order valence-electron chi connectivity index (χ1n) is 4.48. The Bertz CT molecular complexity index is 355. The Kier molecular flexibility index (Phi) is 1.83. The molecule has 1 atom stereocenters. The zero-order valence-corrected chi connectivity index (χ0v) is 7.83. The number of benzene rings is 1. The minimum absolute atomic E-state index is 0.116. The van der Waals surface area contributed by atoms with Crippen molar-refractivity contribution in [3.05, 3.63) is 29.3 Å². The van der Waals surface area contributed by atoms with Gasteiger partial charge in [-0.2, -0.15) is 0 Å². The van der Waals surface area contributed by atoms with Crippen molar-refractivity contribution in [2.45, 2.75) is 26.2 Å². The Balaban J connectivity index is 2.54. The van der Waals surface area contributed by atoms with Gasteiger partial charge in [0.05, 0.1) is 6.42 Å². The molecule has 0 bridgehead atoms. The second kappa shape index (κ2) is 2.87. The van der Waals surface area contributed by atoms with E-state index in [1.165, 1.54) is 0 Å². The Labute approximate surface area is 77.5 Å². The van der Waals surface area contributed by atoms with Gasteiger partial charge in [0.25, 0.3) is 0 Å². The van der Waals surface area contributed by atoms with E-state index in [0.717, 1.165) is 16.9 Å². The maximum Gasteiger partial charge on any atom is 0.311 e. The maximum atomic E-state index is 11.2. The Morgan fingerprint density at radius 1 is 1.46 bits per heavy atom. The number of hydrogen-bond donors (Lipinski definition) is 0. The highest BCUT2D eigenvalue weighted by Gasteiger charge is 2.24. The summed E-state index contributed by atoms with van der Waals surface area (Å²) in [6.45, 7) is 4.02. The summed E-state index contributed by atoms with van der Waals surface area (Å²) in [7, 11) is 0. The highest BCUT2D eigenvalue weighted by atomic mass is 16.5. The van der Waals surface area contributed by atoms with Gasteiger partial charge >= 0.3 is 5.97 Å². The van der Waals surface area contributed by atoms with E-state index in [1.54, 1.807) is 0 Å². The Hall–Kier alpha value is -1.31. The average molecular weight is 176 g/mol. The van der Waals surface area contributed by atoms with Crippen LogP contribution in [0.3, 0.4) is 0 Å². The molecule has 2 heteroatoms. The summed E-state index contributed by atoms with van der Waals surface area (Å²) in [4.78, 5) is 11.2. The van der Waals surface area contributed by atoms with E-state index < -0.39 is 0 Å². The third kappa shape index (κ3) is 1.32. The quantitative estimate of drug-likeness (QED) is 0.448. The van der Waals surface area contributed by atoms with Gasteiger partial charge in [0.15, 0.2) is 0 Å². The van der Waals surface area contributed by atoms with E-state index >= 15 is 0 Å². The van der Waals surface area contributed by atoms with E-state index in [-0.39, 0.29) is 11.9 Å². The summed E-state index contributed by atoms with van der Waals surface area (Å²) in [6.07, 6.45) is 0.496. The van der Waals surface area contributed by atoms with Crippen molar-refractivity contribution in [3.8, 4) is 5.75 Å². The summed E-state index contributed by atoms with van der Waals surface area (Å²) in [5.41, 5.74) is 2.19. The van der Waals surface area contributed by atoms with Gasteiger partial charge in [-0.15, -0.1) is 0 Å². The fourth-order valence-corrected chi connectivity index (χ4v) is 1.72. The molecule has 13 heavy (non-hydrogen) atoms. The SMILES string of the molecule is Cc1cccc2c1OC(=O)CC2C. The van der Waals surface area contributed by atoms with Crippen molar-refractivity contribution < 1.29 is 9.53 Å². The van der Waals surface area contributed by atoms with Crippen LogP contribution in [0.4, 0.5) is 0 Å². The molecule has 1 heterocycles. The molecule has 0 N–H and O–H groups in total. The fourth-order valence-electron chi connectivity index (χ4n) is 1.72. The number of para-hydroxylation sites is 1. The minimum atomic E-state index is -0.116. The Morgan fingerprint density at radius 3 is 3.00 bits per heavy atom. The number of hydrogen-bond acceptors (Lipinski definition) is 2. The van der Waals surface area contributed by atoms with E-state index in [0.29, 0.717) is 6.42 Å². The van der Waals surface area contributed by atoms with Crippen LogP contribution in [0, 0.1) is 6.92 Å². The van der Waals surface area contributed by atoms with Crippen LogP contribution in [0.15, 0.2) is 18.2 Å². The molecule has 1 aliphatic rings. The van der Waals surface area contributed by atoms with Crippen LogP contribution in [0.2, 0.25) is 0 Å². The number of esters is 1. The predicted octanol–water partition coefficient (Wildman–Crippen LogP) is 2.41. The topological polar surface area (TPSA) is 26.3 Å². The Morgan fingerprint density at radius 2 is 2.23 bits per heavy atom. The van der Waals surface area contributed by atoms with Crippen LogP contribution in [-0.2, 0) is 4.79 Å². The standard InChI is InChI=1S/C11H12O2/c1-7-4-3-5-9-8(2)6-10(12)13-11(7)9/h3-5,8H,6H2,1-2H3. The molecule has 2 rings (SSSR count). The van der Waals surface area contributed by atoms with Crippen LogP contribution >= 0.6 is 0 Å². The molecule has 0 amide bonds. The molecule has 0 radical (unpaired) electrons. The van der Waals surface area contributed by atoms with Gasteiger partial charge in [-0.3, -0.25) is 4.79 Å². The fraction of sp³-hybridized carbons (Fsp3) is 0.364. The lowest BCUT2D eigenvalue weighted by Gasteiger charge is -2.22. The predicted molar refractivity (Wildman–Crippen MR) is 49.8 cm³/mol. The van der Waals surface area contributed by atoms with Crippen LogP contribution in [0.1, 0.15) is 30.4 Å². The molecule has 0 spiro atoms. The third-order valence-corrected chi connectivity index (χ3v) is 2.46. The highest BCUT2D eigenvalue weighted by molar-refractivity contribution is 5.77. The molecule has 0 aromatic heterocycles. The summed E-state index contributed by atoms with van der Waals surface area (Å²) in [6, 6.07) is 5.99. The molecule has 0 aliphatic carbocycles. The lowest BCUT2D eigenvalue weighted by molar-refractivity contribution is -0.135. The molecule has 68 valence electrons. The van der Waals surface area contributed by atoms with Gasteiger partial charge in [0.2, 0.25) is 0 Å². The zero-order chi connectivity index (χ0) is 9.42. The molecule has 0 saturated heterocycles. The van der Waals surface area contributed by atoms with Crippen molar-refractivity contribution in [1.29, 1.82) is 0 Å². The van der Waals surface area contributed by atoms with Crippen molar-refractivity contribution in [1.82, 2.24) is 0 Å². The van der Waals surface area contributed by atoms with Crippen LogP contribution < -0.4 is 4.74 Å². The molecule has 2 nitrogen and oxygen atoms in total. The van der Waals surface area contributed by atoms with E-state index in [1.807, 2.05) is 25.1 Å². The van der Waals surface area contributed by atoms with Gasteiger partial charge in [-0.05, 0) is 24.0 Å². The smallest absolute Gasteiger partial charge is 0.311 e. The first-order chi connectivity index (χ1) is 6.18. The third-order valence-electron chi connectivity index (χ3n) is 2.46. The second-order valence-corrected chi connectivity index (χ2v) is 3.57.